The van der Waals surface area contributed by atoms with Crippen LogP contribution in [0.3, 0.4) is 0 Å². The van der Waals surface area contributed by atoms with Crippen molar-refractivity contribution in [2.75, 3.05) is 11.4 Å². The molecule has 0 saturated carbocycles. The zero-order valence-electron chi connectivity index (χ0n) is 11.6. The van der Waals surface area contributed by atoms with E-state index in [-0.39, 0.29) is 30.9 Å². The SMILES string of the molecule is CCn1ncc([N+](=O)[O-])c1N1CCC(F)CCC1N=[N+]=[N-]. The summed E-state index contributed by atoms with van der Waals surface area (Å²) in [6.07, 6.45) is 0.360. The number of rotatable bonds is 4. The second kappa shape index (κ2) is 6.40. The van der Waals surface area contributed by atoms with Crippen LogP contribution in [-0.2, 0) is 6.54 Å². The van der Waals surface area contributed by atoms with Gasteiger partial charge in [0.2, 0.25) is 5.82 Å². The zero-order valence-corrected chi connectivity index (χ0v) is 11.6. The van der Waals surface area contributed by atoms with E-state index in [1.165, 1.54) is 10.9 Å². The van der Waals surface area contributed by atoms with Crippen LogP contribution in [0.15, 0.2) is 11.3 Å². The van der Waals surface area contributed by atoms with Gasteiger partial charge in [-0.05, 0) is 31.7 Å². The molecule has 10 heteroatoms. The molecule has 0 aromatic carbocycles. The van der Waals surface area contributed by atoms with Gasteiger partial charge in [0.1, 0.15) is 18.5 Å². The molecule has 1 aliphatic heterocycles. The Morgan fingerprint density at radius 3 is 3.00 bits per heavy atom. The summed E-state index contributed by atoms with van der Waals surface area (Å²) in [5.74, 6) is 0.272. The van der Waals surface area contributed by atoms with Gasteiger partial charge in [-0.25, -0.2) is 9.07 Å². The summed E-state index contributed by atoms with van der Waals surface area (Å²) in [4.78, 5) is 15.0. The molecule has 0 spiro atoms. The maximum absolute atomic E-state index is 13.6. The van der Waals surface area contributed by atoms with Crippen molar-refractivity contribution in [1.82, 2.24) is 9.78 Å². The molecule has 1 saturated heterocycles. The molecule has 114 valence electrons. The van der Waals surface area contributed by atoms with Gasteiger partial charge in [-0.1, -0.05) is 5.11 Å². The van der Waals surface area contributed by atoms with Crippen LogP contribution in [0.25, 0.3) is 10.4 Å². The summed E-state index contributed by atoms with van der Waals surface area (Å²) >= 11 is 0. The first-order valence-corrected chi connectivity index (χ1v) is 6.73. The Morgan fingerprint density at radius 1 is 1.62 bits per heavy atom. The van der Waals surface area contributed by atoms with Crippen molar-refractivity contribution in [3.8, 4) is 0 Å². The van der Waals surface area contributed by atoms with Crippen molar-refractivity contribution in [3.63, 3.8) is 0 Å². The van der Waals surface area contributed by atoms with Gasteiger partial charge in [0.25, 0.3) is 0 Å². The fraction of sp³-hybridized carbons (Fsp3) is 0.727. The lowest BCUT2D eigenvalue weighted by atomic mass is 10.2. The quantitative estimate of drug-likeness (QED) is 0.279. The van der Waals surface area contributed by atoms with Gasteiger partial charge in [-0.15, -0.1) is 0 Å². The van der Waals surface area contributed by atoms with E-state index in [0.717, 1.165) is 0 Å². The Kier molecular flexibility index (Phi) is 4.59. The van der Waals surface area contributed by atoms with Crippen LogP contribution in [0.5, 0.6) is 0 Å². The van der Waals surface area contributed by atoms with Gasteiger partial charge in [0.05, 0.1) is 4.92 Å². The highest BCUT2D eigenvalue weighted by atomic mass is 19.1. The molecule has 1 aromatic heterocycles. The maximum atomic E-state index is 13.6. The number of aryl methyl sites for hydroxylation is 1. The average Bonchev–Trinajstić information content (AvgIpc) is 2.80. The summed E-state index contributed by atoms with van der Waals surface area (Å²) in [6, 6.07) is 0. The van der Waals surface area contributed by atoms with Crippen molar-refractivity contribution in [3.05, 3.63) is 26.8 Å². The molecule has 21 heavy (non-hydrogen) atoms. The Hall–Kier alpha value is -2.35. The lowest BCUT2D eigenvalue weighted by Gasteiger charge is -2.27. The Balaban J connectivity index is 2.47. The Labute approximate surface area is 120 Å². The third kappa shape index (κ3) is 3.05. The first-order chi connectivity index (χ1) is 10.1. The third-order valence-corrected chi connectivity index (χ3v) is 3.53. The van der Waals surface area contributed by atoms with Crippen molar-refractivity contribution < 1.29 is 9.31 Å². The number of halogens is 1. The molecule has 2 heterocycles. The van der Waals surface area contributed by atoms with Crippen LogP contribution < -0.4 is 4.90 Å². The molecule has 2 unspecified atom stereocenters. The Bertz CT molecular complexity index is 569. The van der Waals surface area contributed by atoms with E-state index in [2.05, 4.69) is 15.1 Å². The molecule has 0 radical (unpaired) electrons. The van der Waals surface area contributed by atoms with Crippen molar-refractivity contribution in [2.45, 2.75) is 45.1 Å². The number of alkyl halides is 1. The van der Waals surface area contributed by atoms with Crippen molar-refractivity contribution in [1.29, 1.82) is 0 Å². The molecule has 1 aliphatic rings. The normalized spacial score (nSPS) is 22.5. The minimum Gasteiger partial charge on any atom is -0.342 e. The minimum atomic E-state index is -0.997. The largest absolute Gasteiger partial charge is 0.342 e. The topological polar surface area (TPSA) is 113 Å². The molecular weight excluding hydrogens is 281 g/mol. The summed E-state index contributed by atoms with van der Waals surface area (Å²) in [6.45, 7) is 2.48. The first-order valence-electron chi connectivity index (χ1n) is 6.73. The molecule has 1 fully saturated rings. The highest BCUT2D eigenvalue weighted by Crippen LogP contribution is 2.33. The minimum absolute atomic E-state index is 0.160. The second-order valence-electron chi connectivity index (χ2n) is 4.77. The number of aromatic nitrogens is 2. The van der Waals surface area contributed by atoms with Gasteiger partial charge in [0, 0.05) is 18.0 Å². The summed E-state index contributed by atoms with van der Waals surface area (Å²) in [7, 11) is 0. The summed E-state index contributed by atoms with van der Waals surface area (Å²) in [5.41, 5.74) is 8.52. The van der Waals surface area contributed by atoms with Crippen LogP contribution in [0.2, 0.25) is 0 Å². The van der Waals surface area contributed by atoms with Gasteiger partial charge in [0.15, 0.2) is 0 Å². The fourth-order valence-electron chi connectivity index (χ4n) is 2.51. The van der Waals surface area contributed by atoms with E-state index in [1.807, 2.05) is 0 Å². The fourth-order valence-corrected chi connectivity index (χ4v) is 2.51. The predicted molar refractivity (Wildman–Crippen MR) is 73.6 cm³/mol. The highest BCUT2D eigenvalue weighted by Gasteiger charge is 2.32. The van der Waals surface area contributed by atoms with E-state index in [1.54, 1.807) is 11.8 Å². The molecular formula is C11H16FN7O2. The predicted octanol–water partition coefficient (Wildman–Crippen LogP) is 2.78. The molecule has 2 rings (SSSR count). The first kappa shape index (κ1) is 15.0. The molecule has 0 aliphatic carbocycles. The molecule has 0 bridgehead atoms. The van der Waals surface area contributed by atoms with E-state index in [4.69, 9.17) is 5.53 Å². The summed E-state index contributed by atoms with van der Waals surface area (Å²) < 4.78 is 15.1. The zero-order chi connectivity index (χ0) is 15.4. The molecule has 1 aromatic rings. The number of hydrogen-bond acceptors (Lipinski definition) is 5. The van der Waals surface area contributed by atoms with E-state index in [0.29, 0.717) is 13.0 Å². The standard InChI is InChI=1S/C11H16FN7O2/c1-2-18-11(9(7-14-18)19(20)21)17-6-5-8(12)3-4-10(17)15-16-13/h7-8,10H,2-6H2,1H3. The second-order valence-corrected chi connectivity index (χ2v) is 4.77. The van der Waals surface area contributed by atoms with Gasteiger partial charge >= 0.3 is 5.69 Å². The molecule has 0 amide bonds. The number of hydrogen-bond donors (Lipinski definition) is 0. The van der Waals surface area contributed by atoms with E-state index < -0.39 is 17.3 Å². The number of nitrogens with zero attached hydrogens (tertiary/aromatic N) is 7. The van der Waals surface area contributed by atoms with E-state index in [9.17, 15) is 14.5 Å². The average molecular weight is 297 g/mol. The maximum Gasteiger partial charge on any atom is 0.331 e. The van der Waals surface area contributed by atoms with E-state index >= 15 is 0 Å². The van der Waals surface area contributed by atoms with Crippen LogP contribution >= 0.6 is 0 Å². The highest BCUT2D eigenvalue weighted by molar-refractivity contribution is 5.58. The lowest BCUT2D eigenvalue weighted by molar-refractivity contribution is -0.384. The van der Waals surface area contributed by atoms with Gasteiger partial charge in [-0.2, -0.15) is 5.10 Å². The third-order valence-electron chi connectivity index (χ3n) is 3.53. The lowest BCUT2D eigenvalue weighted by Crippen LogP contribution is -2.35. The summed E-state index contributed by atoms with van der Waals surface area (Å²) in [5, 5.41) is 18.8. The number of azide groups is 1. The number of anilines is 1. The Morgan fingerprint density at radius 2 is 2.38 bits per heavy atom. The van der Waals surface area contributed by atoms with Gasteiger partial charge in [-0.3, -0.25) is 10.1 Å². The monoisotopic (exact) mass is 297 g/mol. The van der Waals surface area contributed by atoms with Crippen LogP contribution in [0, 0.1) is 10.1 Å². The van der Waals surface area contributed by atoms with Crippen molar-refractivity contribution >= 4 is 11.5 Å². The van der Waals surface area contributed by atoms with Crippen LogP contribution in [-0.4, -0.2) is 33.6 Å². The van der Waals surface area contributed by atoms with Gasteiger partial charge < -0.3 is 4.90 Å². The molecule has 9 nitrogen and oxygen atoms in total. The van der Waals surface area contributed by atoms with Crippen LogP contribution in [0.1, 0.15) is 26.2 Å². The van der Waals surface area contributed by atoms with Crippen molar-refractivity contribution in [2.24, 2.45) is 5.11 Å². The smallest absolute Gasteiger partial charge is 0.331 e. The molecule has 0 N–H and O–H groups in total. The van der Waals surface area contributed by atoms with Crippen LogP contribution in [0.4, 0.5) is 15.9 Å². The number of nitro groups is 1. The molecule has 2 atom stereocenters.